The van der Waals surface area contributed by atoms with E-state index < -0.39 is 9.84 Å². The second-order valence-corrected chi connectivity index (χ2v) is 9.62. The van der Waals surface area contributed by atoms with E-state index in [-0.39, 0.29) is 17.0 Å². The first-order valence-electron chi connectivity index (χ1n) is 8.92. The first-order chi connectivity index (χ1) is 12.0. The molecule has 0 aromatic heterocycles. The fourth-order valence-electron chi connectivity index (χ4n) is 4.55. The molecule has 5 rings (SSSR count). The molecule has 3 aliphatic rings. The summed E-state index contributed by atoms with van der Waals surface area (Å²) in [5.74, 6) is -0.194. The molecule has 2 aliphatic heterocycles. The van der Waals surface area contributed by atoms with E-state index in [1.54, 1.807) is 18.2 Å². The Morgan fingerprint density at radius 3 is 2.36 bits per heavy atom. The predicted octanol–water partition coefficient (Wildman–Crippen LogP) is 3.60. The van der Waals surface area contributed by atoms with Gasteiger partial charge in [0.05, 0.1) is 10.1 Å². The van der Waals surface area contributed by atoms with Crippen molar-refractivity contribution in [2.45, 2.75) is 41.4 Å². The Bertz CT molecular complexity index is 935. The Morgan fingerprint density at radius 2 is 1.68 bits per heavy atom. The molecule has 1 aliphatic carbocycles. The molecule has 0 spiro atoms. The minimum atomic E-state index is -3.24. The molecule has 2 heterocycles. The van der Waals surface area contributed by atoms with E-state index in [0.29, 0.717) is 17.5 Å². The van der Waals surface area contributed by atoms with Crippen molar-refractivity contribution in [2.75, 3.05) is 13.1 Å². The topological polar surface area (TPSA) is 37.4 Å². The number of benzene rings is 2. The zero-order chi connectivity index (χ0) is 17.2. The highest BCUT2D eigenvalue weighted by atomic mass is 32.2. The van der Waals surface area contributed by atoms with Crippen LogP contribution in [0.3, 0.4) is 0 Å². The number of halogens is 1. The van der Waals surface area contributed by atoms with Gasteiger partial charge in [0.15, 0.2) is 9.84 Å². The van der Waals surface area contributed by atoms with Crippen molar-refractivity contribution in [2.24, 2.45) is 0 Å². The van der Waals surface area contributed by atoms with Crippen molar-refractivity contribution in [3.63, 3.8) is 0 Å². The molecule has 0 amide bonds. The molecule has 2 atom stereocenters. The largest absolute Gasteiger partial charge is 0.298 e. The van der Waals surface area contributed by atoms with E-state index >= 15 is 0 Å². The fraction of sp³-hybridized carbons (Fsp3) is 0.400. The van der Waals surface area contributed by atoms with Crippen LogP contribution in [0.15, 0.2) is 47.4 Å². The van der Waals surface area contributed by atoms with Crippen LogP contribution < -0.4 is 0 Å². The Balaban J connectivity index is 1.55. The lowest BCUT2D eigenvalue weighted by Crippen LogP contribution is -2.39. The lowest BCUT2D eigenvalue weighted by Gasteiger charge is -2.35. The number of sulfone groups is 1. The molecule has 2 aromatic rings. The quantitative estimate of drug-likeness (QED) is 0.824. The van der Waals surface area contributed by atoms with E-state index in [1.807, 2.05) is 12.1 Å². The van der Waals surface area contributed by atoms with E-state index in [0.717, 1.165) is 23.2 Å². The highest BCUT2D eigenvalue weighted by molar-refractivity contribution is 7.92. The molecule has 1 saturated heterocycles. The summed E-state index contributed by atoms with van der Waals surface area (Å²) in [6.45, 7) is 1.51. The van der Waals surface area contributed by atoms with Gasteiger partial charge >= 0.3 is 0 Å². The monoisotopic (exact) mass is 357 g/mol. The number of likely N-dealkylation sites (tertiary alicyclic amines) is 1. The zero-order valence-corrected chi connectivity index (χ0v) is 14.7. The van der Waals surface area contributed by atoms with Crippen molar-refractivity contribution in [3.8, 4) is 11.1 Å². The summed E-state index contributed by atoms with van der Waals surface area (Å²) in [5, 5.41) is -0.299. The normalized spacial score (nSPS) is 27.7. The lowest BCUT2D eigenvalue weighted by atomic mass is 9.91. The van der Waals surface area contributed by atoms with Crippen molar-refractivity contribution < 1.29 is 12.8 Å². The van der Waals surface area contributed by atoms with Crippen molar-refractivity contribution in [1.82, 2.24) is 4.90 Å². The number of nitrogens with zero attached hydrogens (tertiary/aromatic N) is 1. The zero-order valence-electron chi connectivity index (χ0n) is 13.9. The molecule has 1 saturated carbocycles. The highest BCUT2D eigenvalue weighted by Crippen LogP contribution is 2.47. The van der Waals surface area contributed by atoms with Crippen LogP contribution in [0.5, 0.6) is 0 Å². The lowest BCUT2D eigenvalue weighted by molar-refractivity contribution is 0.157. The average Bonchev–Trinajstić information content (AvgIpc) is 3.06. The molecule has 2 unspecified atom stereocenters. The molecular formula is C20H20FNO2S. The van der Waals surface area contributed by atoms with Gasteiger partial charge in [0.1, 0.15) is 5.82 Å². The molecule has 0 N–H and O–H groups in total. The molecule has 25 heavy (non-hydrogen) atoms. The third kappa shape index (κ3) is 2.29. The molecule has 3 nitrogen and oxygen atoms in total. The van der Waals surface area contributed by atoms with Crippen LogP contribution in [-0.4, -0.2) is 37.7 Å². The first kappa shape index (κ1) is 15.5. The molecule has 2 aromatic carbocycles. The predicted molar refractivity (Wildman–Crippen MR) is 94.8 cm³/mol. The smallest absolute Gasteiger partial charge is 0.183 e. The van der Waals surface area contributed by atoms with Gasteiger partial charge in [-0.2, -0.15) is 0 Å². The number of fused-ring (bicyclic) bond motifs is 3. The van der Waals surface area contributed by atoms with Crippen LogP contribution in [0.1, 0.15) is 30.7 Å². The molecular weight excluding hydrogens is 337 g/mol. The van der Waals surface area contributed by atoms with Gasteiger partial charge in [0.2, 0.25) is 0 Å². The number of hydrogen-bond acceptors (Lipinski definition) is 3. The summed E-state index contributed by atoms with van der Waals surface area (Å²) in [7, 11) is -3.24. The fourth-order valence-corrected chi connectivity index (χ4v) is 6.72. The minimum absolute atomic E-state index is 0.0704. The van der Waals surface area contributed by atoms with Crippen LogP contribution in [0, 0.1) is 5.82 Å². The minimum Gasteiger partial charge on any atom is -0.298 e. The Hall–Kier alpha value is -1.72. The summed E-state index contributed by atoms with van der Waals surface area (Å²) in [6.07, 6.45) is 3.65. The standard InChI is InChI=1S/C20H20FNO2S/c21-15-7-4-13(5-8-15)14-6-9-19-17(10-14)18-11-22(16-2-1-3-16)12-20(18)25(19,23)24/h4-10,16,18,20H,1-3,11-12H2. The van der Waals surface area contributed by atoms with Crippen molar-refractivity contribution >= 4 is 9.84 Å². The van der Waals surface area contributed by atoms with Crippen LogP contribution in [0.4, 0.5) is 4.39 Å². The Labute approximate surface area is 147 Å². The summed E-state index contributed by atoms with van der Waals surface area (Å²) in [5.41, 5.74) is 2.82. The van der Waals surface area contributed by atoms with Crippen LogP contribution in [0.25, 0.3) is 11.1 Å². The number of rotatable bonds is 2. The third-order valence-electron chi connectivity index (χ3n) is 6.18. The van der Waals surface area contributed by atoms with Gasteiger partial charge in [-0.25, -0.2) is 12.8 Å². The van der Waals surface area contributed by atoms with E-state index in [1.165, 1.54) is 31.4 Å². The maximum atomic E-state index is 13.2. The second-order valence-electron chi connectivity index (χ2n) is 7.49. The maximum absolute atomic E-state index is 13.2. The highest BCUT2D eigenvalue weighted by Gasteiger charge is 2.51. The second kappa shape index (κ2) is 5.39. The van der Waals surface area contributed by atoms with Gasteiger partial charge in [-0.3, -0.25) is 4.90 Å². The van der Waals surface area contributed by atoms with E-state index in [4.69, 9.17) is 0 Å². The molecule has 0 radical (unpaired) electrons. The van der Waals surface area contributed by atoms with Crippen LogP contribution in [0.2, 0.25) is 0 Å². The molecule has 0 bridgehead atoms. The van der Waals surface area contributed by atoms with Crippen molar-refractivity contribution in [1.29, 1.82) is 0 Å². The summed E-state index contributed by atoms with van der Waals surface area (Å²) < 4.78 is 39.1. The van der Waals surface area contributed by atoms with Gasteiger partial charge < -0.3 is 0 Å². The van der Waals surface area contributed by atoms with Gasteiger partial charge in [-0.05, 0) is 53.8 Å². The number of hydrogen-bond donors (Lipinski definition) is 0. The molecule has 130 valence electrons. The first-order valence-corrected chi connectivity index (χ1v) is 10.5. The maximum Gasteiger partial charge on any atom is 0.183 e. The van der Waals surface area contributed by atoms with Crippen LogP contribution in [-0.2, 0) is 9.84 Å². The van der Waals surface area contributed by atoms with E-state index in [9.17, 15) is 12.8 Å². The SMILES string of the molecule is O=S1(=O)c2ccc(-c3ccc(F)cc3)cc2C2CN(C3CCC3)CC21. The van der Waals surface area contributed by atoms with Gasteiger partial charge in [0, 0.05) is 25.0 Å². The van der Waals surface area contributed by atoms with E-state index in [2.05, 4.69) is 4.90 Å². The summed E-state index contributed by atoms with van der Waals surface area (Å²) in [4.78, 5) is 2.88. The van der Waals surface area contributed by atoms with Gasteiger partial charge in [-0.15, -0.1) is 0 Å². The summed E-state index contributed by atoms with van der Waals surface area (Å²) in [6, 6.07) is 12.5. The van der Waals surface area contributed by atoms with Crippen LogP contribution >= 0.6 is 0 Å². The van der Waals surface area contributed by atoms with Gasteiger partial charge in [0.25, 0.3) is 0 Å². The summed E-state index contributed by atoms with van der Waals surface area (Å²) >= 11 is 0. The van der Waals surface area contributed by atoms with Crippen molar-refractivity contribution in [3.05, 3.63) is 53.8 Å². The van der Waals surface area contributed by atoms with Gasteiger partial charge in [-0.1, -0.05) is 24.6 Å². The Kier molecular flexibility index (Phi) is 3.35. The molecule has 5 heteroatoms. The average molecular weight is 357 g/mol. The Morgan fingerprint density at radius 1 is 0.960 bits per heavy atom. The molecule has 2 fully saturated rings. The third-order valence-corrected chi connectivity index (χ3v) is 8.44.